The molecule has 1 heterocycles. The topological polar surface area (TPSA) is 58.2 Å². The molecule has 0 spiro atoms. The number of carbonyl (C=O) groups is 2. The van der Waals surface area contributed by atoms with E-state index in [0.717, 1.165) is 12.0 Å². The fraction of sp³-hybridized carbons (Fsp3) is 0.250. The first-order valence-corrected chi connectivity index (χ1v) is 10.7. The highest BCUT2D eigenvalue weighted by Gasteiger charge is 2.21. The summed E-state index contributed by atoms with van der Waals surface area (Å²) in [6.07, 6.45) is 0.999. The van der Waals surface area contributed by atoms with E-state index in [4.69, 9.17) is 0 Å². The molecule has 0 bridgehead atoms. The Hall–Kier alpha value is -2.76. The highest BCUT2D eigenvalue weighted by molar-refractivity contribution is 7.10. The zero-order valence-corrected chi connectivity index (χ0v) is 17.8. The molecule has 4 nitrogen and oxygen atoms in total. The summed E-state index contributed by atoms with van der Waals surface area (Å²) < 4.78 is 0. The van der Waals surface area contributed by atoms with Gasteiger partial charge in [0.15, 0.2) is 5.78 Å². The van der Waals surface area contributed by atoms with Crippen LogP contribution < -0.4 is 10.6 Å². The molecule has 0 saturated carbocycles. The maximum absolute atomic E-state index is 12.7. The van der Waals surface area contributed by atoms with Crippen molar-refractivity contribution < 1.29 is 9.59 Å². The lowest BCUT2D eigenvalue weighted by Crippen LogP contribution is -2.40. The van der Waals surface area contributed by atoms with Crippen LogP contribution in [0.2, 0.25) is 0 Å². The highest BCUT2D eigenvalue weighted by Crippen LogP contribution is 2.27. The van der Waals surface area contributed by atoms with E-state index in [1.54, 1.807) is 35.6 Å². The Labute approximate surface area is 176 Å². The average molecular weight is 407 g/mol. The lowest BCUT2D eigenvalue weighted by atomic mass is 10.0. The van der Waals surface area contributed by atoms with Crippen LogP contribution in [-0.4, -0.2) is 17.7 Å². The normalized spacial score (nSPS) is 12.9. The number of nitrogens with one attached hydrogen (secondary N) is 2. The standard InChI is InChI=1S/C24H26N2O2S/c1-4-18-7-9-20(10-8-18)23(22-6-5-15-29-22)25-16(2)24(28)26-21-13-11-19(12-14-21)17(3)27/h5-16,23,25H,4H2,1-3H3,(H,26,28)/t16-,23-/m1/s1. The second-order valence-electron chi connectivity index (χ2n) is 7.05. The Balaban J connectivity index is 1.72. The Morgan fingerprint density at radius 3 is 2.24 bits per heavy atom. The van der Waals surface area contributed by atoms with Crippen LogP contribution >= 0.6 is 11.3 Å². The monoisotopic (exact) mass is 406 g/mol. The average Bonchev–Trinajstić information content (AvgIpc) is 3.27. The summed E-state index contributed by atoms with van der Waals surface area (Å²) in [5.74, 6) is -0.113. The number of thiophene rings is 1. The van der Waals surface area contributed by atoms with Gasteiger partial charge in [-0.25, -0.2) is 0 Å². The Morgan fingerprint density at radius 1 is 1.00 bits per heavy atom. The first-order chi connectivity index (χ1) is 14.0. The van der Waals surface area contributed by atoms with Crippen molar-refractivity contribution in [2.45, 2.75) is 39.3 Å². The Bertz CT molecular complexity index is 948. The third-order valence-corrected chi connectivity index (χ3v) is 5.86. The van der Waals surface area contributed by atoms with Gasteiger partial charge in [-0.05, 0) is 67.1 Å². The van der Waals surface area contributed by atoms with Gasteiger partial charge in [-0.3, -0.25) is 14.9 Å². The van der Waals surface area contributed by atoms with Gasteiger partial charge in [0.05, 0.1) is 12.1 Å². The molecule has 0 saturated heterocycles. The van der Waals surface area contributed by atoms with Crippen molar-refractivity contribution >= 4 is 28.7 Å². The predicted octanol–water partition coefficient (Wildman–Crippen LogP) is 5.22. The van der Waals surface area contributed by atoms with Crippen LogP contribution in [0.15, 0.2) is 66.0 Å². The van der Waals surface area contributed by atoms with Gasteiger partial charge < -0.3 is 5.32 Å². The number of hydrogen-bond acceptors (Lipinski definition) is 4. The van der Waals surface area contributed by atoms with Crippen LogP contribution in [0.3, 0.4) is 0 Å². The third kappa shape index (κ3) is 5.40. The van der Waals surface area contributed by atoms with Crippen molar-refractivity contribution in [1.29, 1.82) is 0 Å². The molecule has 0 radical (unpaired) electrons. The summed E-state index contributed by atoms with van der Waals surface area (Å²) >= 11 is 1.67. The molecule has 2 N–H and O–H groups in total. The number of rotatable bonds is 8. The molecule has 3 rings (SSSR count). The summed E-state index contributed by atoms with van der Waals surface area (Å²) in [6.45, 7) is 5.52. The van der Waals surface area contributed by atoms with E-state index < -0.39 is 6.04 Å². The molecule has 5 heteroatoms. The second kappa shape index (κ2) is 9.63. The number of ketones is 1. The van der Waals surface area contributed by atoms with Crippen molar-refractivity contribution in [2.75, 3.05) is 5.32 Å². The van der Waals surface area contributed by atoms with Gasteiger partial charge in [0.1, 0.15) is 0 Å². The maximum atomic E-state index is 12.7. The van der Waals surface area contributed by atoms with Crippen LogP contribution in [0.4, 0.5) is 5.69 Å². The maximum Gasteiger partial charge on any atom is 0.241 e. The SMILES string of the molecule is CCc1ccc([C@@H](N[C@H](C)C(=O)Nc2ccc(C(C)=O)cc2)c2cccs2)cc1. The molecular formula is C24H26N2O2S. The first kappa shape index (κ1) is 21.0. The van der Waals surface area contributed by atoms with Crippen molar-refractivity contribution in [2.24, 2.45) is 0 Å². The number of benzene rings is 2. The number of carbonyl (C=O) groups excluding carboxylic acids is 2. The number of Topliss-reactive ketones (excluding diaryl/α,β-unsaturated/α-hetero) is 1. The van der Waals surface area contributed by atoms with E-state index in [1.165, 1.54) is 17.4 Å². The van der Waals surface area contributed by atoms with Crippen molar-refractivity contribution in [3.63, 3.8) is 0 Å². The second-order valence-corrected chi connectivity index (χ2v) is 8.03. The summed E-state index contributed by atoms with van der Waals surface area (Å²) in [5, 5.41) is 8.43. The molecule has 29 heavy (non-hydrogen) atoms. The van der Waals surface area contributed by atoms with E-state index in [9.17, 15) is 9.59 Å². The minimum atomic E-state index is -0.402. The van der Waals surface area contributed by atoms with Gasteiger partial charge in [-0.1, -0.05) is 37.3 Å². The van der Waals surface area contributed by atoms with E-state index in [0.29, 0.717) is 11.3 Å². The predicted molar refractivity (Wildman–Crippen MR) is 120 cm³/mol. The fourth-order valence-electron chi connectivity index (χ4n) is 3.11. The van der Waals surface area contributed by atoms with Crippen LogP contribution in [0.25, 0.3) is 0 Å². The summed E-state index contributed by atoms with van der Waals surface area (Å²) in [6, 6.07) is 19.1. The molecule has 1 aromatic heterocycles. The van der Waals surface area contributed by atoms with Crippen molar-refractivity contribution in [3.05, 3.63) is 87.6 Å². The third-order valence-electron chi connectivity index (χ3n) is 4.92. The zero-order chi connectivity index (χ0) is 20.8. The minimum Gasteiger partial charge on any atom is -0.325 e. The molecule has 150 valence electrons. The van der Waals surface area contributed by atoms with Crippen molar-refractivity contribution in [1.82, 2.24) is 5.32 Å². The number of hydrogen-bond donors (Lipinski definition) is 2. The van der Waals surface area contributed by atoms with Gasteiger partial charge in [0.25, 0.3) is 0 Å². The number of amides is 1. The number of anilines is 1. The van der Waals surface area contributed by atoms with Crippen LogP contribution in [0.5, 0.6) is 0 Å². The molecule has 3 aromatic rings. The van der Waals surface area contributed by atoms with Gasteiger partial charge in [-0.15, -0.1) is 11.3 Å². The minimum absolute atomic E-state index is 0.00536. The molecule has 2 aromatic carbocycles. The smallest absolute Gasteiger partial charge is 0.241 e. The quantitative estimate of drug-likeness (QED) is 0.504. The molecular weight excluding hydrogens is 380 g/mol. The molecule has 0 unspecified atom stereocenters. The zero-order valence-electron chi connectivity index (χ0n) is 16.9. The van der Waals surface area contributed by atoms with E-state index in [-0.39, 0.29) is 17.7 Å². The molecule has 0 aliphatic heterocycles. The molecule has 0 aliphatic rings. The summed E-state index contributed by atoms with van der Waals surface area (Å²) in [5.41, 5.74) is 3.73. The van der Waals surface area contributed by atoms with Crippen LogP contribution in [-0.2, 0) is 11.2 Å². The van der Waals surface area contributed by atoms with E-state index >= 15 is 0 Å². The lowest BCUT2D eigenvalue weighted by molar-refractivity contribution is -0.117. The van der Waals surface area contributed by atoms with Crippen molar-refractivity contribution in [3.8, 4) is 0 Å². The number of aryl methyl sites for hydroxylation is 1. The first-order valence-electron chi connectivity index (χ1n) is 9.78. The van der Waals surface area contributed by atoms with Crippen LogP contribution in [0, 0.1) is 0 Å². The highest BCUT2D eigenvalue weighted by atomic mass is 32.1. The van der Waals surface area contributed by atoms with Gasteiger partial charge >= 0.3 is 0 Å². The molecule has 2 atom stereocenters. The molecule has 0 aliphatic carbocycles. The largest absolute Gasteiger partial charge is 0.325 e. The lowest BCUT2D eigenvalue weighted by Gasteiger charge is -2.23. The Morgan fingerprint density at radius 2 is 1.69 bits per heavy atom. The summed E-state index contributed by atoms with van der Waals surface area (Å²) in [7, 11) is 0. The van der Waals surface area contributed by atoms with Gasteiger partial charge in [0, 0.05) is 16.1 Å². The van der Waals surface area contributed by atoms with E-state index in [2.05, 4.69) is 47.9 Å². The van der Waals surface area contributed by atoms with Crippen LogP contribution in [0.1, 0.15) is 53.2 Å². The fourth-order valence-corrected chi connectivity index (χ4v) is 3.92. The molecule has 0 fully saturated rings. The van der Waals surface area contributed by atoms with Gasteiger partial charge in [-0.2, -0.15) is 0 Å². The van der Waals surface area contributed by atoms with Gasteiger partial charge in [0.2, 0.25) is 5.91 Å². The Kier molecular flexibility index (Phi) is 6.96. The summed E-state index contributed by atoms with van der Waals surface area (Å²) in [4.78, 5) is 25.3. The van der Waals surface area contributed by atoms with E-state index in [1.807, 2.05) is 18.4 Å². The molecule has 1 amide bonds.